The predicted molar refractivity (Wildman–Crippen MR) is 108 cm³/mol. The lowest BCUT2D eigenvalue weighted by atomic mass is 9.97. The molecule has 0 radical (unpaired) electrons. The van der Waals surface area contributed by atoms with Crippen LogP contribution in [0.1, 0.15) is 25.2 Å². The number of hydrogen-bond donors (Lipinski definition) is 2. The lowest BCUT2D eigenvalue weighted by molar-refractivity contribution is -0.384. The Morgan fingerprint density at radius 2 is 1.70 bits per heavy atom. The molecule has 27 heavy (non-hydrogen) atoms. The van der Waals surface area contributed by atoms with Crippen LogP contribution in [-0.4, -0.2) is 23.2 Å². The zero-order valence-electron chi connectivity index (χ0n) is 15.0. The molecule has 0 amide bonds. The van der Waals surface area contributed by atoms with Crippen LogP contribution in [0.25, 0.3) is 0 Å². The summed E-state index contributed by atoms with van der Waals surface area (Å²) in [7, 11) is 0. The van der Waals surface area contributed by atoms with E-state index in [-0.39, 0.29) is 16.9 Å². The van der Waals surface area contributed by atoms with Crippen molar-refractivity contribution in [2.45, 2.75) is 19.6 Å². The quantitative estimate of drug-likeness (QED) is 0.318. The van der Waals surface area contributed by atoms with Crippen molar-refractivity contribution >= 4 is 29.7 Å². The minimum Gasteiger partial charge on any atom is -0.508 e. The fourth-order valence-electron chi connectivity index (χ4n) is 2.60. The van der Waals surface area contributed by atoms with Gasteiger partial charge in [-0.15, -0.1) is 0 Å². The maximum Gasteiger partial charge on any atom is 0.269 e. The molecule has 0 aromatic heterocycles. The van der Waals surface area contributed by atoms with Crippen molar-refractivity contribution in [1.29, 1.82) is 0 Å². The monoisotopic (exact) mass is 408 g/mol. The molecule has 1 atom stereocenters. The highest BCUT2D eigenvalue weighted by Gasteiger charge is 2.40. The molecule has 0 unspecified atom stereocenters. The van der Waals surface area contributed by atoms with Gasteiger partial charge in [0.2, 0.25) is 6.49 Å². The number of non-ortho nitro benzene ring substituents is 1. The first-order valence-electron chi connectivity index (χ1n) is 8.37. The van der Waals surface area contributed by atoms with Crippen LogP contribution in [0.2, 0.25) is 0 Å². The van der Waals surface area contributed by atoms with Crippen LogP contribution in [-0.2, 0) is 20.9 Å². The molecule has 3 rings (SSSR count). The van der Waals surface area contributed by atoms with Gasteiger partial charge in [0.25, 0.3) is 5.69 Å². The maximum atomic E-state index is 10.9. The minimum atomic E-state index is -2.75. The fraction of sp³-hybridized carbons (Fsp3) is 0.333. The number of nitro benzene ring substituents is 1. The van der Waals surface area contributed by atoms with E-state index < -0.39 is 17.2 Å². The summed E-state index contributed by atoms with van der Waals surface area (Å²) in [6, 6.07) is 12.8. The molecule has 1 aliphatic heterocycles. The van der Waals surface area contributed by atoms with Gasteiger partial charge in [0.05, 0.1) is 18.1 Å². The van der Waals surface area contributed by atoms with Gasteiger partial charge in [0, 0.05) is 23.2 Å². The Hall–Kier alpha value is -1.99. The second kappa shape index (κ2) is 7.56. The molecule has 0 bridgehead atoms. The standard InChI is InChI=1S/C18H21N2O5PS/c1-18(2)11-24-26(27,25-12-18)17(19-14-5-9-16(21)10-6-14)13-3-7-15(8-4-13)20(22)23/h3-10,17,19,21H,11-12H2,1-2H3/t17-/m1/s1. The van der Waals surface area contributed by atoms with Crippen molar-refractivity contribution in [3.8, 4) is 5.75 Å². The first-order valence-corrected chi connectivity index (χ1v) is 11.1. The molecule has 2 aromatic carbocycles. The van der Waals surface area contributed by atoms with Gasteiger partial charge in [-0.1, -0.05) is 13.8 Å². The molecule has 1 fully saturated rings. The molecule has 1 heterocycles. The first-order chi connectivity index (χ1) is 12.7. The van der Waals surface area contributed by atoms with E-state index in [0.717, 1.165) is 11.3 Å². The highest BCUT2D eigenvalue weighted by molar-refractivity contribution is 8.10. The van der Waals surface area contributed by atoms with Gasteiger partial charge >= 0.3 is 0 Å². The van der Waals surface area contributed by atoms with Crippen LogP contribution in [0.5, 0.6) is 5.75 Å². The Kier molecular flexibility index (Phi) is 5.53. The van der Waals surface area contributed by atoms with Crippen molar-refractivity contribution in [3.05, 3.63) is 64.2 Å². The summed E-state index contributed by atoms with van der Waals surface area (Å²) >= 11 is 5.79. The van der Waals surface area contributed by atoms with E-state index in [1.165, 1.54) is 12.1 Å². The van der Waals surface area contributed by atoms with E-state index in [0.29, 0.717) is 13.2 Å². The van der Waals surface area contributed by atoms with E-state index in [1.54, 1.807) is 36.4 Å². The molecule has 0 spiro atoms. The Balaban J connectivity index is 1.94. The third kappa shape index (κ3) is 4.65. The topological polar surface area (TPSA) is 93.9 Å². The molecular weight excluding hydrogens is 387 g/mol. The molecule has 2 aromatic rings. The maximum absolute atomic E-state index is 10.9. The van der Waals surface area contributed by atoms with Crippen LogP contribution >= 0.6 is 6.49 Å². The van der Waals surface area contributed by atoms with Crippen LogP contribution in [0.3, 0.4) is 0 Å². The smallest absolute Gasteiger partial charge is 0.269 e. The van der Waals surface area contributed by atoms with Crippen LogP contribution in [0.4, 0.5) is 11.4 Å². The Morgan fingerprint density at radius 1 is 1.15 bits per heavy atom. The van der Waals surface area contributed by atoms with E-state index in [4.69, 9.17) is 20.9 Å². The number of anilines is 1. The van der Waals surface area contributed by atoms with Gasteiger partial charge in [-0.25, -0.2) is 0 Å². The Labute approximate surface area is 162 Å². The molecule has 7 nitrogen and oxygen atoms in total. The van der Waals surface area contributed by atoms with E-state index in [2.05, 4.69) is 5.32 Å². The Bertz CT molecular complexity index is 856. The largest absolute Gasteiger partial charge is 0.508 e. The van der Waals surface area contributed by atoms with Crippen LogP contribution < -0.4 is 5.32 Å². The van der Waals surface area contributed by atoms with Gasteiger partial charge in [0.15, 0.2) is 0 Å². The number of benzene rings is 2. The summed E-state index contributed by atoms with van der Waals surface area (Å²) in [5.41, 5.74) is 1.36. The number of nitro groups is 1. The average molecular weight is 408 g/mol. The lowest BCUT2D eigenvalue weighted by Gasteiger charge is -2.40. The summed E-state index contributed by atoms with van der Waals surface area (Å²) in [4.78, 5) is 10.5. The molecule has 144 valence electrons. The second-order valence-electron chi connectivity index (χ2n) is 7.19. The van der Waals surface area contributed by atoms with Crippen LogP contribution in [0, 0.1) is 15.5 Å². The van der Waals surface area contributed by atoms with Crippen molar-refractivity contribution in [3.63, 3.8) is 0 Å². The SMILES string of the molecule is CC1(C)COP(=S)([C@@H](Nc2ccc(O)cc2)c2ccc([N+](=O)[O-])cc2)OC1. The number of nitrogens with one attached hydrogen (secondary N) is 1. The molecule has 1 saturated heterocycles. The molecule has 0 saturated carbocycles. The molecule has 0 aliphatic carbocycles. The van der Waals surface area contributed by atoms with E-state index >= 15 is 0 Å². The molecule has 1 aliphatic rings. The number of hydrogen-bond acceptors (Lipinski definition) is 7. The van der Waals surface area contributed by atoms with E-state index in [9.17, 15) is 15.2 Å². The van der Waals surface area contributed by atoms with Gasteiger partial charge in [-0.3, -0.25) is 10.1 Å². The highest BCUT2D eigenvalue weighted by Crippen LogP contribution is 2.64. The van der Waals surface area contributed by atoms with Gasteiger partial charge in [0.1, 0.15) is 11.5 Å². The molecular formula is C18H21N2O5PS. The van der Waals surface area contributed by atoms with Crippen molar-refractivity contribution < 1.29 is 19.1 Å². The summed E-state index contributed by atoms with van der Waals surface area (Å²) < 4.78 is 12.1. The average Bonchev–Trinajstić information content (AvgIpc) is 2.64. The first kappa shape index (κ1) is 19.8. The lowest BCUT2D eigenvalue weighted by Crippen LogP contribution is -2.31. The van der Waals surface area contributed by atoms with Crippen molar-refractivity contribution in [1.82, 2.24) is 0 Å². The summed E-state index contributed by atoms with van der Waals surface area (Å²) in [6.45, 7) is 2.29. The zero-order valence-corrected chi connectivity index (χ0v) is 16.7. The number of aromatic hydroxyl groups is 1. The molecule has 2 N–H and O–H groups in total. The summed E-state index contributed by atoms with van der Waals surface area (Å²) in [5.74, 6) is -0.323. The van der Waals surface area contributed by atoms with Crippen molar-refractivity contribution in [2.24, 2.45) is 5.41 Å². The summed E-state index contributed by atoms with van der Waals surface area (Å²) in [5, 5.41) is 23.8. The van der Waals surface area contributed by atoms with Crippen LogP contribution in [0.15, 0.2) is 48.5 Å². The highest BCUT2D eigenvalue weighted by atomic mass is 32.5. The number of phenols is 1. The van der Waals surface area contributed by atoms with Crippen molar-refractivity contribution in [2.75, 3.05) is 18.5 Å². The minimum absolute atomic E-state index is 0.00509. The van der Waals surface area contributed by atoms with Gasteiger partial charge < -0.3 is 19.5 Å². The third-order valence-corrected chi connectivity index (χ3v) is 7.48. The predicted octanol–water partition coefficient (Wildman–Crippen LogP) is 4.79. The third-order valence-electron chi connectivity index (χ3n) is 4.18. The van der Waals surface area contributed by atoms with E-state index in [1.807, 2.05) is 13.8 Å². The summed E-state index contributed by atoms with van der Waals surface area (Å²) in [6.07, 6.45) is 0. The number of rotatable bonds is 5. The second-order valence-corrected chi connectivity index (χ2v) is 10.8. The molecule has 9 heteroatoms. The number of nitrogens with zero attached hydrogens (tertiary/aromatic N) is 1. The van der Waals surface area contributed by atoms with Gasteiger partial charge in [-0.2, -0.15) is 0 Å². The zero-order chi connectivity index (χ0) is 19.7. The normalized spacial score (nSPS) is 19.2. The Morgan fingerprint density at radius 3 is 2.22 bits per heavy atom. The van der Waals surface area contributed by atoms with Gasteiger partial charge in [-0.05, 0) is 53.8 Å². The number of phenolic OH excluding ortho intramolecular Hbond substituents is 1. The fourth-order valence-corrected chi connectivity index (χ4v) is 5.71.